The van der Waals surface area contributed by atoms with Gasteiger partial charge < -0.3 is 9.47 Å². The Morgan fingerprint density at radius 1 is 1.25 bits per heavy atom. The molecular weight excluding hydrogens is 414 g/mol. The fourth-order valence-corrected chi connectivity index (χ4v) is 2.86. The zero-order chi connectivity index (χ0) is 23.1. The van der Waals surface area contributed by atoms with Crippen molar-refractivity contribution in [3.63, 3.8) is 0 Å². The second-order valence-electron chi connectivity index (χ2n) is 6.91. The number of anilines is 1. The summed E-state index contributed by atoms with van der Waals surface area (Å²) in [6, 6.07) is 12.0. The van der Waals surface area contributed by atoms with Crippen LogP contribution in [0.2, 0.25) is 0 Å². The van der Waals surface area contributed by atoms with E-state index in [1.165, 1.54) is 25.5 Å². The van der Waals surface area contributed by atoms with Crippen LogP contribution >= 0.6 is 0 Å². The van der Waals surface area contributed by atoms with Crippen molar-refractivity contribution in [1.29, 1.82) is 0 Å². The first-order chi connectivity index (χ1) is 15.4. The van der Waals surface area contributed by atoms with Crippen LogP contribution in [0.4, 0.5) is 11.6 Å². The molecule has 0 fully saturated rings. The highest BCUT2D eigenvalue weighted by Crippen LogP contribution is 2.38. The van der Waals surface area contributed by atoms with Gasteiger partial charge in [0, 0.05) is 23.4 Å². The van der Waals surface area contributed by atoms with Crippen LogP contribution in [0.1, 0.15) is 29.3 Å². The zero-order valence-electron chi connectivity index (χ0n) is 17.9. The van der Waals surface area contributed by atoms with Gasteiger partial charge in [-0.05, 0) is 25.0 Å². The predicted octanol–water partition coefficient (Wildman–Crippen LogP) is 3.58. The van der Waals surface area contributed by atoms with Gasteiger partial charge in [-0.25, -0.2) is 10.4 Å². The zero-order valence-corrected chi connectivity index (χ0v) is 17.9. The molecule has 1 heterocycles. The van der Waals surface area contributed by atoms with E-state index in [0.29, 0.717) is 17.7 Å². The molecule has 0 radical (unpaired) electrons. The molecule has 2 N–H and O–H groups in total. The fraction of sp³-hybridized carbons (Fsp3) is 0.227. The maximum Gasteiger partial charge on any atom is 0.315 e. The molecule has 0 atom stereocenters. The van der Waals surface area contributed by atoms with E-state index in [4.69, 9.17) is 9.47 Å². The van der Waals surface area contributed by atoms with Crippen molar-refractivity contribution in [2.45, 2.75) is 26.9 Å². The number of aromatic nitrogens is 2. The van der Waals surface area contributed by atoms with E-state index >= 15 is 0 Å². The Hall–Kier alpha value is -4.21. The van der Waals surface area contributed by atoms with E-state index in [2.05, 4.69) is 20.5 Å². The maximum atomic E-state index is 11.7. The van der Waals surface area contributed by atoms with Gasteiger partial charge in [-0.15, -0.1) is 0 Å². The number of nitro groups is 1. The molecule has 1 aromatic heterocycles. The molecule has 0 unspecified atom stereocenters. The van der Waals surface area contributed by atoms with Crippen LogP contribution in [-0.4, -0.2) is 28.2 Å². The number of hydrazone groups is 1. The number of nitrogens with zero attached hydrogens (tertiary/aromatic N) is 3. The van der Waals surface area contributed by atoms with E-state index < -0.39 is 4.92 Å². The van der Waals surface area contributed by atoms with E-state index in [-0.39, 0.29) is 35.3 Å². The van der Waals surface area contributed by atoms with Crippen molar-refractivity contribution in [1.82, 2.24) is 9.97 Å². The Labute approximate surface area is 184 Å². The molecule has 0 aliphatic rings. The molecule has 10 heteroatoms. The molecule has 10 nitrogen and oxygen atoms in total. The molecule has 0 aliphatic carbocycles. The number of benzene rings is 2. The van der Waals surface area contributed by atoms with Gasteiger partial charge in [-0.3, -0.25) is 19.9 Å². The first-order valence-electron chi connectivity index (χ1n) is 9.83. The Kier molecular flexibility index (Phi) is 7.17. The van der Waals surface area contributed by atoms with E-state index in [1.807, 2.05) is 38.1 Å². The number of nitrogens with one attached hydrogen (secondary N) is 2. The number of aromatic amines is 1. The Bertz CT molecular complexity index is 1190. The van der Waals surface area contributed by atoms with E-state index in [1.54, 1.807) is 6.07 Å². The van der Waals surface area contributed by atoms with Gasteiger partial charge in [-0.1, -0.05) is 36.8 Å². The predicted molar refractivity (Wildman–Crippen MR) is 121 cm³/mol. The molecule has 3 aromatic rings. The summed E-state index contributed by atoms with van der Waals surface area (Å²) in [6.07, 6.45) is 1.95. The fourth-order valence-electron chi connectivity index (χ4n) is 2.86. The van der Waals surface area contributed by atoms with Crippen LogP contribution in [0.25, 0.3) is 0 Å². The lowest BCUT2D eigenvalue weighted by atomic mass is 10.1. The largest absolute Gasteiger partial charge is 0.493 e. The highest BCUT2D eigenvalue weighted by atomic mass is 16.6. The SMILES string of the molecule is CCc1cc(=O)[nH]c(N/N=C\c2cc(OC)c(OCc3ccc(C)cc3)c([N+](=O)[O-])c2)n1. The van der Waals surface area contributed by atoms with Gasteiger partial charge in [0.05, 0.1) is 18.2 Å². The summed E-state index contributed by atoms with van der Waals surface area (Å²) in [7, 11) is 1.40. The Morgan fingerprint density at radius 2 is 2.00 bits per heavy atom. The number of hydrogen-bond acceptors (Lipinski definition) is 8. The van der Waals surface area contributed by atoms with Crippen molar-refractivity contribution < 1.29 is 14.4 Å². The number of aryl methyl sites for hydroxylation is 2. The Morgan fingerprint density at radius 3 is 2.66 bits per heavy atom. The first-order valence-corrected chi connectivity index (χ1v) is 9.83. The highest BCUT2D eigenvalue weighted by molar-refractivity contribution is 5.83. The summed E-state index contributed by atoms with van der Waals surface area (Å²) in [4.78, 5) is 29.5. The lowest BCUT2D eigenvalue weighted by Gasteiger charge is -2.12. The molecule has 0 aliphatic heterocycles. The lowest BCUT2D eigenvalue weighted by Crippen LogP contribution is -2.11. The van der Waals surface area contributed by atoms with Crippen molar-refractivity contribution in [2.75, 3.05) is 12.5 Å². The quantitative estimate of drug-likeness (QED) is 0.297. The number of methoxy groups -OCH3 is 1. The number of H-pyrrole nitrogens is 1. The normalized spacial score (nSPS) is 10.8. The van der Waals surface area contributed by atoms with Crippen LogP contribution < -0.4 is 20.5 Å². The lowest BCUT2D eigenvalue weighted by molar-refractivity contribution is -0.386. The molecular formula is C22H23N5O5. The summed E-state index contributed by atoms with van der Waals surface area (Å²) in [6.45, 7) is 4.00. The summed E-state index contributed by atoms with van der Waals surface area (Å²) >= 11 is 0. The molecule has 0 bridgehead atoms. The smallest absolute Gasteiger partial charge is 0.315 e. The third-order valence-corrected chi connectivity index (χ3v) is 4.52. The van der Waals surface area contributed by atoms with Gasteiger partial charge in [0.2, 0.25) is 11.7 Å². The molecule has 0 amide bonds. The van der Waals surface area contributed by atoms with Crippen LogP contribution in [0.5, 0.6) is 11.5 Å². The van der Waals surface area contributed by atoms with Crippen LogP contribution in [0, 0.1) is 17.0 Å². The third kappa shape index (κ3) is 5.69. The molecule has 0 saturated heterocycles. The minimum absolute atomic E-state index is 0.0322. The first kappa shape index (κ1) is 22.5. The summed E-state index contributed by atoms with van der Waals surface area (Å²) in [5.74, 6) is 0.405. The molecule has 2 aromatic carbocycles. The van der Waals surface area contributed by atoms with Crippen LogP contribution in [0.15, 0.2) is 52.4 Å². The third-order valence-electron chi connectivity index (χ3n) is 4.52. The summed E-state index contributed by atoms with van der Waals surface area (Å²) in [5, 5.41) is 15.7. The standard InChI is InChI=1S/C22H23N5O5/c1-4-17-11-20(28)25-22(24-17)26-23-12-16-9-18(27(29)30)21(19(10-16)31-3)32-13-15-7-5-14(2)6-8-15/h5-12H,4,13H2,1-3H3,(H2,24,25,26,28)/b23-12-. The van der Waals surface area contributed by atoms with Crippen LogP contribution in [-0.2, 0) is 13.0 Å². The van der Waals surface area contributed by atoms with Gasteiger partial charge >= 0.3 is 5.69 Å². The van der Waals surface area contributed by atoms with Gasteiger partial charge in [0.15, 0.2) is 5.75 Å². The molecule has 32 heavy (non-hydrogen) atoms. The highest BCUT2D eigenvalue weighted by Gasteiger charge is 2.22. The molecule has 166 valence electrons. The van der Waals surface area contributed by atoms with E-state index in [0.717, 1.165) is 11.1 Å². The molecule has 0 spiro atoms. The number of hydrogen-bond donors (Lipinski definition) is 2. The topological polar surface area (TPSA) is 132 Å². The van der Waals surface area contributed by atoms with Crippen molar-refractivity contribution in [3.8, 4) is 11.5 Å². The van der Waals surface area contributed by atoms with E-state index in [9.17, 15) is 14.9 Å². The second kappa shape index (κ2) is 10.2. The number of nitro benzene ring substituents is 1. The second-order valence-corrected chi connectivity index (χ2v) is 6.91. The average molecular weight is 437 g/mol. The minimum Gasteiger partial charge on any atom is -0.493 e. The van der Waals surface area contributed by atoms with Gasteiger partial charge in [-0.2, -0.15) is 5.10 Å². The molecule has 3 rings (SSSR count). The van der Waals surface area contributed by atoms with Crippen molar-refractivity contribution >= 4 is 17.9 Å². The average Bonchev–Trinajstić information content (AvgIpc) is 2.78. The summed E-state index contributed by atoms with van der Waals surface area (Å²) < 4.78 is 11.1. The number of rotatable bonds is 9. The molecule has 0 saturated carbocycles. The van der Waals surface area contributed by atoms with Crippen LogP contribution in [0.3, 0.4) is 0 Å². The van der Waals surface area contributed by atoms with Gasteiger partial charge in [0.1, 0.15) is 6.61 Å². The Balaban J connectivity index is 1.83. The minimum atomic E-state index is -0.540. The van der Waals surface area contributed by atoms with Crippen molar-refractivity contribution in [3.05, 3.63) is 85.3 Å². The number of ether oxygens (including phenoxy) is 2. The van der Waals surface area contributed by atoms with Crippen molar-refractivity contribution in [2.24, 2.45) is 5.10 Å². The maximum absolute atomic E-state index is 11.7. The monoisotopic (exact) mass is 437 g/mol. The summed E-state index contributed by atoms with van der Waals surface area (Å²) in [5.41, 5.74) is 5.06. The van der Waals surface area contributed by atoms with Gasteiger partial charge in [0.25, 0.3) is 5.56 Å².